The average Bonchev–Trinajstić information content (AvgIpc) is 3.03. The van der Waals surface area contributed by atoms with Gasteiger partial charge in [-0.3, -0.25) is 0 Å². The molecule has 0 saturated carbocycles. The number of hydrogen-bond acceptors (Lipinski definition) is 4. The first kappa shape index (κ1) is 24.6. The minimum Gasteiger partial charge on any atom is -0.493 e. The largest absolute Gasteiger partial charge is 0.493 e. The van der Waals surface area contributed by atoms with Crippen LogP contribution < -0.4 is 14.8 Å². The van der Waals surface area contributed by atoms with Gasteiger partial charge in [-0.15, -0.1) is 0 Å². The maximum atomic E-state index is 14.3. The molecule has 0 aliphatic heterocycles. The summed E-state index contributed by atoms with van der Waals surface area (Å²) in [5, 5.41) is 13.5. The molecular formula is C25H28ClFN2O4. The van der Waals surface area contributed by atoms with E-state index in [0.717, 1.165) is 17.7 Å². The van der Waals surface area contributed by atoms with E-state index in [0.29, 0.717) is 46.4 Å². The highest BCUT2D eigenvalue weighted by molar-refractivity contribution is 6.31. The number of hydrogen-bond donors (Lipinski definition) is 2. The number of carbonyl (C=O) groups is 1. The fourth-order valence-electron chi connectivity index (χ4n) is 4.01. The van der Waals surface area contributed by atoms with Crippen molar-refractivity contribution in [2.45, 2.75) is 33.4 Å². The van der Waals surface area contributed by atoms with Crippen LogP contribution in [0.3, 0.4) is 0 Å². The quantitative estimate of drug-likeness (QED) is 0.405. The number of nitrogens with zero attached hydrogens (tertiary/aromatic N) is 1. The van der Waals surface area contributed by atoms with Gasteiger partial charge < -0.3 is 24.5 Å². The zero-order valence-electron chi connectivity index (χ0n) is 19.2. The Morgan fingerprint density at radius 1 is 1.09 bits per heavy atom. The van der Waals surface area contributed by atoms with Gasteiger partial charge >= 0.3 is 5.97 Å². The standard InChI is InChI=1S/C25H28ClFN2O4/c1-15-18(13-28-11-10-17-8-9-22(32-3)23(12-17)33-4)24(25(30)31)16(2)29(15)14-19-20(26)6-5-7-21(19)27/h5-9,12,28H,10-11,13-14H2,1-4H3,(H,30,31). The Balaban J connectivity index is 1.76. The molecule has 0 unspecified atom stereocenters. The van der Waals surface area contributed by atoms with E-state index in [4.69, 9.17) is 21.1 Å². The fraction of sp³-hybridized carbons (Fsp3) is 0.320. The summed E-state index contributed by atoms with van der Waals surface area (Å²) in [6, 6.07) is 10.3. The molecule has 0 amide bonds. The van der Waals surface area contributed by atoms with Gasteiger partial charge in [0.05, 0.1) is 26.3 Å². The Labute approximate surface area is 197 Å². The Hall–Kier alpha value is -3.03. The van der Waals surface area contributed by atoms with Crippen molar-refractivity contribution in [2.75, 3.05) is 20.8 Å². The van der Waals surface area contributed by atoms with E-state index in [1.165, 1.54) is 6.07 Å². The predicted molar refractivity (Wildman–Crippen MR) is 126 cm³/mol. The Kier molecular flexibility index (Phi) is 8.00. The average molecular weight is 475 g/mol. The molecule has 1 heterocycles. The summed E-state index contributed by atoms with van der Waals surface area (Å²) in [6.45, 7) is 4.75. The molecule has 0 atom stereocenters. The van der Waals surface area contributed by atoms with Crippen molar-refractivity contribution in [2.24, 2.45) is 0 Å². The fourth-order valence-corrected chi connectivity index (χ4v) is 4.23. The Morgan fingerprint density at radius 2 is 1.82 bits per heavy atom. The van der Waals surface area contributed by atoms with Crippen molar-refractivity contribution in [3.05, 3.63) is 80.9 Å². The third-order valence-corrected chi connectivity index (χ3v) is 6.20. The second-order valence-electron chi connectivity index (χ2n) is 7.73. The monoisotopic (exact) mass is 474 g/mol. The molecule has 0 bridgehead atoms. The number of aromatic nitrogens is 1. The van der Waals surface area contributed by atoms with Gasteiger partial charge in [0.15, 0.2) is 11.5 Å². The molecule has 33 heavy (non-hydrogen) atoms. The van der Waals surface area contributed by atoms with Crippen LogP contribution in [0, 0.1) is 19.7 Å². The summed E-state index contributed by atoms with van der Waals surface area (Å²) >= 11 is 6.20. The van der Waals surface area contributed by atoms with Crippen LogP contribution in [0.15, 0.2) is 36.4 Å². The van der Waals surface area contributed by atoms with Crippen molar-refractivity contribution >= 4 is 17.6 Å². The minimum atomic E-state index is -1.01. The first-order valence-electron chi connectivity index (χ1n) is 10.5. The summed E-state index contributed by atoms with van der Waals surface area (Å²) in [7, 11) is 3.19. The zero-order chi connectivity index (χ0) is 24.1. The summed E-state index contributed by atoms with van der Waals surface area (Å²) in [5.74, 6) is -0.0895. The van der Waals surface area contributed by atoms with Gasteiger partial charge in [0.25, 0.3) is 0 Å². The molecule has 0 saturated heterocycles. The number of methoxy groups -OCH3 is 2. The van der Waals surface area contributed by atoms with Gasteiger partial charge in [-0.1, -0.05) is 23.7 Å². The maximum absolute atomic E-state index is 14.3. The van der Waals surface area contributed by atoms with Gasteiger partial charge in [-0.2, -0.15) is 0 Å². The molecule has 0 aliphatic carbocycles. The smallest absolute Gasteiger partial charge is 0.337 e. The number of halogens is 2. The first-order valence-corrected chi connectivity index (χ1v) is 10.9. The second-order valence-corrected chi connectivity index (χ2v) is 8.14. The molecule has 3 aromatic rings. The maximum Gasteiger partial charge on any atom is 0.337 e. The summed E-state index contributed by atoms with van der Waals surface area (Å²) < 4.78 is 26.7. The highest BCUT2D eigenvalue weighted by Crippen LogP contribution is 2.28. The van der Waals surface area contributed by atoms with Crippen LogP contribution in [0.2, 0.25) is 5.02 Å². The number of ether oxygens (including phenoxy) is 2. The van der Waals surface area contributed by atoms with Crippen molar-refractivity contribution in [1.29, 1.82) is 0 Å². The molecule has 6 nitrogen and oxygen atoms in total. The van der Waals surface area contributed by atoms with Gasteiger partial charge in [-0.05, 0) is 56.6 Å². The first-order chi connectivity index (χ1) is 15.8. The van der Waals surface area contributed by atoms with Gasteiger partial charge in [0, 0.05) is 34.1 Å². The SMILES string of the molecule is COc1ccc(CCNCc2c(C(=O)O)c(C)n(Cc3c(F)cccc3Cl)c2C)cc1OC. The number of aromatic carboxylic acids is 1. The summed E-state index contributed by atoms with van der Waals surface area (Å²) in [6.07, 6.45) is 0.729. The summed E-state index contributed by atoms with van der Waals surface area (Å²) in [4.78, 5) is 12.0. The van der Waals surface area contributed by atoms with E-state index in [-0.39, 0.29) is 12.1 Å². The van der Waals surface area contributed by atoms with E-state index < -0.39 is 11.8 Å². The lowest BCUT2D eigenvalue weighted by atomic mass is 10.1. The predicted octanol–water partition coefficient (Wildman–Crippen LogP) is 4.99. The molecular weight excluding hydrogens is 447 g/mol. The molecule has 1 aromatic heterocycles. The minimum absolute atomic E-state index is 0.162. The van der Waals surface area contributed by atoms with Crippen molar-refractivity contribution < 1.29 is 23.8 Å². The lowest BCUT2D eigenvalue weighted by Gasteiger charge is -2.12. The third kappa shape index (κ3) is 5.31. The van der Waals surface area contributed by atoms with Crippen LogP contribution in [-0.2, 0) is 19.5 Å². The lowest BCUT2D eigenvalue weighted by Crippen LogP contribution is -2.19. The van der Waals surface area contributed by atoms with Gasteiger partial charge in [-0.25, -0.2) is 9.18 Å². The molecule has 3 rings (SSSR count). The lowest BCUT2D eigenvalue weighted by molar-refractivity contribution is 0.0694. The highest BCUT2D eigenvalue weighted by Gasteiger charge is 2.23. The van der Waals surface area contributed by atoms with Crippen LogP contribution in [0.4, 0.5) is 4.39 Å². The number of carboxylic acids is 1. The number of carboxylic acid groups (broad SMARTS) is 1. The second kappa shape index (κ2) is 10.7. The summed E-state index contributed by atoms with van der Waals surface area (Å²) in [5.41, 5.74) is 3.65. The van der Waals surface area contributed by atoms with Crippen molar-refractivity contribution in [1.82, 2.24) is 9.88 Å². The molecule has 176 valence electrons. The van der Waals surface area contributed by atoms with Gasteiger partial charge in [0.2, 0.25) is 0 Å². The molecule has 0 radical (unpaired) electrons. The van der Waals surface area contributed by atoms with E-state index in [1.807, 2.05) is 25.1 Å². The van der Waals surface area contributed by atoms with E-state index >= 15 is 0 Å². The van der Waals surface area contributed by atoms with Crippen LogP contribution in [0.5, 0.6) is 11.5 Å². The number of benzene rings is 2. The molecule has 8 heteroatoms. The normalized spacial score (nSPS) is 11.0. The van der Waals surface area contributed by atoms with Crippen molar-refractivity contribution in [3.8, 4) is 11.5 Å². The zero-order valence-corrected chi connectivity index (χ0v) is 19.9. The number of nitrogens with one attached hydrogen (secondary N) is 1. The van der Waals surface area contributed by atoms with E-state index in [1.54, 1.807) is 37.8 Å². The number of rotatable bonds is 10. The Bertz CT molecular complexity index is 1140. The van der Waals surface area contributed by atoms with Crippen LogP contribution in [0.1, 0.15) is 38.4 Å². The molecule has 2 N–H and O–H groups in total. The van der Waals surface area contributed by atoms with Crippen LogP contribution >= 0.6 is 11.6 Å². The molecule has 2 aromatic carbocycles. The van der Waals surface area contributed by atoms with E-state index in [9.17, 15) is 14.3 Å². The topological polar surface area (TPSA) is 72.7 Å². The molecule has 0 fully saturated rings. The van der Waals surface area contributed by atoms with Gasteiger partial charge in [0.1, 0.15) is 5.82 Å². The third-order valence-electron chi connectivity index (χ3n) is 5.84. The highest BCUT2D eigenvalue weighted by atomic mass is 35.5. The van der Waals surface area contributed by atoms with E-state index in [2.05, 4.69) is 5.32 Å². The van der Waals surface area contributed by atoms with Crippen molar-refractivity contribution in [3.63, 3.8) is 0 Å². The molecule has 0 spiro atoms. The molecule has 0 aliphatic rings. The van der Waals surface area contributed by atoms with Crippen LogP contribution in [-0.4, -0.2) is 36.4 Å². The van der Waals surface area contributed by atoms with Crippen LogP contribution in [0.25, 0.3) is 0 Å². The Morgan fingerprint density at radius 3 is 2.45 bits per heavy atom.